The van der Waals surface area contributed by atoms with E-state index in [2.05, 4.69) is 26.2 Å². The van der Waals surface area contributed by atoms with Crippen LogP contribution in [0.25, 0.3) is 0 Å². The van der Waals surface area contributed by atoms with Crippen LogP contribution in [-0.2, 0) is 4.79 Å². The lowest BCUT2D eigenvalue weighted by atomic mass is 9.87. The fraction of sp³-hybridized carbons (Fsp3) is 0.500. The lowest BCUT2D eigenvalue weighted by Crippen LogP contribution is -2.39. The van der Waals surface area contributed by atoms with Crippen LogP contribution in [0, 0.1) is 5.41 Å². The summed E-state index contributed by atoms with van der Waals surface area (Å²) in [4.78, 5) is 26.9. The van der Waals surface area contributed by atoms with Gasteiger partial charge in [0.05, 0.1) is 12.0 Å². The van der Waals surface area contributed by atoms with Crippen molar-refractivity contribution in [3.63, 3.8) is 0 Å². The topological polar surface area (TPSA) is 79.3 Å². The molecular formula is C14H19BrN2O3. The summed E-state index contributed by atoms with van der Waals surface area (Å²) in [5, 5.41) is 11.7. The first-order chi connectivity index (χ1) is 9.17. The van der Waals surface area contributed by atoms with E-state index in [-0.39, 0.29) is 17.7 Å². The van der Waals surface area contributed by atoms with E-state index in [1.165, 1.54) is 6.20 Å². The van der Waals surface area contributed by atoms with Gasteiger partial charge in [0.1, 0.15) is 0 Å². The summed E-state index contributed by atoms with van der Waals surface area (Å²) >= 11 is 3.25. The monoisotopic (exact) mass is 342 g/mol. The van der Waals surface area contributed by atoms with Gasteiger partial charge in [-0.1, -0.05) is 20.8 Å². The maximum Gasteiger partial charge on any atom is 0.305 e. The van der Waals surface area contributed by atoms with Crippen molar-refractivity contribution in [2.24, 2.45) is 5.41 Å². The molecule has 1 rings (SSSR count). The molecule has 0 aliphatic rings. The number of aliphatic carboxylic acids is 1. The molecule has 0 aliphatic heterocycles. The second-order valence-electron chi connectivity index (χ2n) is 5.92. The Morgan fingerprint density at radius 3 is 2.55 bits per heavy atom. The lowest BCUT2D eigenvalue weighted by molar-refractivity contribution is -0.137. The number of hydrogen-bond acceptors (Lipinski definition) is 3. The van der Waals surface area contributed by atoms with Crippen LogP contribution in [-0.4, -0.2) is 28.0 Å². The molecule has 0 bridgehead atoms. The number of hydrogen-bond donors (Lipinski definition) is 2. The smallest absolute Gasteiger partial charge is 0.305 e. The Balaban J connectivity index is 2.78. The molecule has 0 saturated carbocycles. The molecule has 1 amide bonds. The zero-order valence-corrected chi connectivity index (χ0v) is 13.4. The average molecular weight is 343 g/mol. The SMILES string of the molecule is CC(C)(C)CC(CC(=O)O)NC(=O)c1cncc(Br)c1. The predicted octanol–water partition coefficient (Wildman–Crippen LogP) is 2.85. The van der Waals surface area contributed by atoms with Gasteiger partial charge in [-0.05, 0) is 33.8 Å². The lowest BCUT2D eigenvalue weighted by Gasteiger charge is -2.25. The Labute approximate surface area is 126 Å². The van der Waals surface area contributed by atoms with Crippen molar-refractivity contribution in [2.45, 2.75) is 39.7 Å². The van der Waals surface area contributed by atoms with Gasteiger partial charge in [0.2, 0.25) is 0 Å². The zero-order valence-electron chi connectivity index (χ0n) is 11.8. The van der Waals surface area contributed by atoms with Gasteiger partial charge in [-0.15, -0.1) is 0 Å². The summed E-state index contributed by atoms with van der Waals surface area (Å²) < 4.78 is 0.704. The number of carboxylic acids is 1. The Hall–Kier alpha value is -1.43. The molecule has 1 atom stereocenters. The number of aromatic nitrogens is 1. The van der Waals surface area contributed by atoms with Gasteiger partial charge < -0.3 is 10.4 Å². The highest BCUT2D eigenvalue weighted by molar-refractivity contribution is 9.10. The van der Waals surface area contributed by atoms with E-state index in [9.17, 15) is 9.59 Å². The van der Waals surface area contributed by atoms with Crippen LogP contribution in [0.5, 0.6) is 0 Å². The van der Waals surface area contributed by atoms with Crippen LogP contribution in [0.2, 0.25) is 0 Å². The third-order valence-electron chi connectivity index (χ3n) is 2.58. The number of amides is 1. The number of nitrogens with one attached hydrogen (secondary N) is 1. The van der Waals surface area contributed by atoms with E-state index in [0.29, 0.717) is 16.5 Å². The summed E-state index contributed by atoms with van der Waals surface area (Å²) in [6.07, 6.45) is 3.53. The number of carbonyl (C=O) groups excluding carboxylic acids is 1. The maximum atomic E-state index is 12.1. The van der Waals surface area contributed by atoms with Crippen molar-refractivity contribution in [1.29, 1.82) is 0 Å². The number of carbonyl (C=O) groups is 2. The Morgan fingerprint density at radius 2 is 2.05 bits per heavy atom. The fourth-order valence-corrected chi connectivity index (χ4v) is 2.29. The number of nitrogens with zero attached hydrogens (tertiary/aromatic N) is 1. The van der Waals surface area contributed by atoms with Gasteiger partial charge in [-0.2, -0.15) is 0 Å². The number of halogens is 1. The quantitative estimate of drug-likeness (QED) is 0.862. The second kappa shape index (κ2) is 6.83. The number of pyridine rings is 1. The predicted molar refractivity (Wildman–Crippen MR) is 79.5 cm³/mol. The third-order valence-corrected chi connectivity index (χ3v) is 3.02. The molecular weight excluding hydrogens is 324 g/mol. The fourth-order valence-electron chi connectivity index (χ4n) is 1.93. The van der Waals surface area contributed by atoms with Gasteiger partial charge in [0.15, 0.2) is 0 Å². The molecule has 1 unspecified atom stereocenters. The molecule has 6 heteroatoms. The van der Waals surface area contributed by atoms with E-state index in [4.69, 9.17) is 5.11 Å². The van der Waals surface area contributed by atoms with Crippen molar-refractivity contribution in [3.05, 3.63) is 28.5 Å². The van der Waals surface area contributed by atoms with Crippen molar-refractivity contribution in [2.75, 3.05) is 0 Å². The van der Waals surface area contributed by atoms with E-state index < -0.39 is 12.0 Å². The Bertz CT molecular complexity index is 497. The van der Waals surface area contributed by atoms with Crippen LogP contribution >= 0.6 is 15.9 Å². The molecule has 0 saturated heterocycles. The molecule has 0 radical (unpaired) electrons. The first kappa shape index (κ1) is 16.6. The minimum Gasteiger partial charge on any atom is -0.481 e. The van der Waals surface area contributed by atoms with Gasteiger partial charge in [0.25, 0.3) is 5.91 Å². The van der Waals surface area contributed by atoms with Crippen molar-refractivity contribution in [1.82, 2.24) is 10.3 Å². The highest BCUT2D eigenvalue weighted by atomic mass is 79.9. The summed E-state index contributed by atoms with van der Waals surface area (Å²) in [6, 6.07) is 1.25. The molecule has 2 N–H and O–H groups in total. The normalized spacial score (nSPS) is 12.8. The molecule has 1 aromatic heterocycles. The minimum absolute atomic E-state index is 0.0665. The van der Waals surface area contributed by atoms with Gasteiger partial charge >= 0.3 is 5.97 Å². The van der Waals surface area contributed by atoms with Gasteiger partial charge in [0, 0.05) is 22.9 Å². The second-order valence-corrected chi connectivity index (χ2v) is 6.84. The number of rotatable bonds is 5. The van der Waals surface area contributed by atoms with Crippen LogP contribution in [0.4, 0.5) is 0 Å². The molecule has 0 aromatic carbocycles. The van der Waals surface area contributed by atoms with E-state index in [1.54, 1.807) is 12.3 Å². The maximum absolute atomic E-state index is 12.1. The summed E-state index contributed by atoms with van der Waals surface area (Å²) in [7, 11) is 0. The van der Waals surface area contributed by atoms with Crippen molar-refractivity contribution in [3.8, 4) is 0 Å². The zero-order chi connectivity index (χ0) is 15.3. The Kier molecular flexibility index (Phi) is 5.68. The van der Waals surface area contributed by atoms with E-state index >= 15 is 0 Å². The molecule has 0 spiro atoms. The van der Waals surface area contributed by atoms with Crippen molar-refractivity contribution >= 4 is 27.8 Å². The van der Waals surface area contributed by atoms with Crippen molar-refractivity contribution < 1.29 is 14.7 Å². The molecule has 0 fully saturated rings. The van der Waals surface area contributed by atoms with Gasteiger partial charge in [-0.3, -0.25) is 14.6 Å². The minimum atomic E-state index is -0.924. The van der Waals surface area contributed by atoms with Crippen LogP contribution in [0.15, 0.2) is 22.9 Å². The standard InChI is InChI=1S/C14H19BrN2O3/c1-14(2,3)6-11(5-12(18)19)17-13(20)9-4-10(15)8-16-7-9/h4,7-8,11H,5-6H2,1-3H3,(H,17,20)(H,18,19). The summed E-state index contributed by atoms with van der Waals surface area (Å²) in [5.41, 5.74) is 0.340. The van der Waals surface area contributed by atoms with Crippen LogP contribution < -0.4 is 5.32 Å². The molecule has 0 aliphatic carbocycles. The van der Waals surface area contributed by atoms with Crippen LogP contribution in [0.3, 0.4) is 0 Å². The average Bonchev–Trinajstić information content (AvgIpc) is 2.25. The van der Waals surface area contributed by atoms with Crippen LogP contribution in [0.1, 0.15) is 44.0 Å². The Morgan fingerprint density at radius 1 is 1.40 bits per heavy atom. The van der Waals surface area contributed by atoms with E-state index in [0.717, 1.165) is 0 Å². The number of carboxylic acid groups (broad SMARTS) is 1. The largest absolute Gasteiger partial charge is 0.481 e. The first-order valence-corrected chi connectivity index (χ1v) is 7.10. The molecule has 1 aromatic rings. The summed E-state index contributed by atoms with van der Waals surface area (Å²) in [5.74, 6) is -1.23. The molecule has 20 heavy (non-hydrogen) atoms. The highest BCUT2D eigenvalue weighted by Gasteiger charge is 2.23. The molecule has 110 valence electrons. The summed E-state index contributed by atoms with van der Waals surface area (Å²) in [6.45, 7) is 6.03. The molecule has 1 heterocycles. The van der Waals surface area contributed by atoms with E-state index in [1.807, 2.05) is 20.8 Å². The van der Waals surface area contributed by atoms with Gasteiger partial charge in [-0.25, -0.2) is 0 Å². The first-order valence-electron chi connectivity index (χ1n) is 6.30. The third kappa shape index (κ3) is 6.14. The molecule has 5 nitrogen and oxygen atoms in total. The highest BCUT2D eigenvalue weighted by Crippen LogP contribution is 2.22.